The molecule has 27 heavy (non-hydrogen) atoms. The summed E-state index contributed by atoms with van der Waals surface area (Å²) in [4.78, 5) is 14.6. The molecule has 148 valence electrons. The number of methoxy groups -OCH3 is 1. The number of hydrogen-bond acceptors (Lipinski definition) is 6. The molecule has 0 saturated carbocycles. The average Bonchev–Trinajstić information content (AvgIpc) is 3.21. The number of nitrogens with zero attached hydrogens (tertiary/aromatic N) is 2. The Kier molecular flexibility index (Phi) is 5.11. The molecule has 3 saturated heterocycles. The monoisotopic (exact) mass is 396 g/mol. The Morgan fingerprint density at radius 2 is 1.78 bits per heavy atom. The molecular weight excluding hydrogens is 372 g/mol. The zero-order valence-electron chi connectivity index (χ0n) is 15.2. The van der Waals surface area contributed by atoms with Gasteiger partial charge in [0.05, 0.1) is 24.2 Å². The van der Waals surface area contributed by atoms with E-state index in [1.807, 2.05) is 0 Å². The smallest absolute Gasteiger partial charge is 0.251 e. The molecule has 3 fully saturated rings. The van der Waals surface area contributed by atoms with Crippen LogP contribution in [0.25, 0.3) is 0 Å². The third-order valence-electron chi connectivity index (χ3n) is 5.26. The molecule has 0 aromatic heterocycles. The van der Waals surface area contributed by atoms with Gasteiger partial charge in [-0.15, -0.1) is 0 Å². The van der Waals surface area contributed by atoms with Crippen LogP contribution in [-0.4, -0.2) is 81.7 Å². The first-order chi connectivity index (χ1) is 13.0. The van der Waals surface area contributed by atoms with Gasteiger partial charge in [-0.3, -0.25) is 4.79 Å². The number of carbonyl (C=O) groups is 1. The Morgan fingerprint density at radius 3 is 2.33 bits per heavy atom. The lowest BCUT2D eigenvalue weighted by Gasteiger charge is -2.45. The van der Waals surface area contributed by atoms with Gasteiger partial charge < -0.3 is 19.1 Å². The minimum atomic E-state index is -3.61. The maximum atomic E-state index is 13.0. The van der Waals surface area contributed by atoms with Crippen molar-refractivity contribution < 1.29 is 27.4 Å². The summed E-state index contributed by atoms with van der Waals surface area (Å²) in [6, 6.07) is 6.37. The van der Waals surface area contributed by atoms with Crippen LogP contribution >= 0.6 is 0 Å². The molecule has 3 heterocycles. The summed E-state index contributed by atoms with van der Waals surface area (Å²) >= 11 is 0. The van der Waals surface area contributed by atoms with Crippen LogP contribution in [0.4, 0.5) is 0 Å². The van der Waals surface area contributed by atoms with E-state index in [0.717, 1.165) is 12.8 Å². The van der Waals surface area contributed by atoms with Crippen molar-refractivity contribution in [2.45, 2.75) is 36.0 Å². The topological polar surface area (TPSA) is 85.4 Å². The van der Waals surface area contributed by atoms with Gasteiger partial charge in [0.1, 0.15) is 11.9 Å². The maximum absolute atomic E-state index is 13.0. The van der Waals surface area contributed by atoms with Crippen molar-refractivity contribution in [3.05, 3.63) is 24.3 Å². The van der Waals surface area contributed by atoms with Crippen molar-refractivity contribution in [2.24, 2.45) is 0 Å². The van der Waals surface area contributed by atoms with Crippen LogP contribution in [0, 0.1) is 0 Å². The molecule has 3 unspecified atom stereocenters. The molecular formula is C18H24N2O6S. The normalized spacial score (nSPS) is 28.9. The number of sulfonamides is 1. The first-order valence-electron chi connectivity index (χ1n) is 9.17. The van der Waals surface area contributed by atoms with E-state index in [2.05, 4.69) is 0 Å². The highest BCUT2D eigenvalue weighted by Gasteiger charge is 2.42. The SMILES string of the molecule is COc1ccc(S(=O)(=O)N2CC3CN(C(=O)C4CCCO4)CC(C2)O3)cc1. The summed E-state index contributed by atoms with van der Waals surface area (Å²) in [6.07, 6.45) is 0.653. The molecule has 0 N–H and O–H groups in total. The van der Waals surface area contributed by atoms with E-state index >= 15 is 0 Å². The molecule has 8 nitrogen and oxygen atoms in total. The van der Waals surface area contributed by atoms with Crippen LogP contribution in [-0.2, 0) is 24.3 Å². The van der Waals surface area contributed by atoms with Gasteiger partial charge >= 0.3 is 0 Å². The van der Waals surface area contributed by atoms with Crippen molar-refractivity contribution in [3.63, 3.8) is 0 Å². The van der Waals surface area contributed by atoms with E-state index in [4.69, 9.17) is 14.2 Å². The van der Waals surface area contributed by atoms with Crippen molar-refractivity contribution in [3.8, 4) is 5.75 Å². The zero-order chi connectivity index (χ0) is 19.0. The van der Waals surface area contributed by atoms with Gasteiger partial charge in [-0.2, -0.15) is 4.31 Å². The summed E-state index contributed by atoms with van der Waals surface area (Å²) < 4.78 is 43.9. The second-order valence-electron chi connectivity index (χ2n) is 7.12. The Bertz CT molecular complexity index is 777. The number of hydrogen-bond donors (Lipinski definition) is 0. The molecule has 4 rings (SSSR count). The molecule has 1 aromatic carbocycles. The Labute approximate surface area is 159 Å². The van der Waals surface area contributed by atoms with Crippen LogP contribution in [0.15, 0.2) is 29.2 Å². The number of morpholine rings is 2. The number of carbonyl (C=O) groups excluding carboxylic acids is 1. The molecule has 3 atom stereocenters. The first kappa shape index (κ1) is 18.7. The molecule has 1 amide bonds. The number of rotatable bonds is 4. The van der Waals surface area contributed by atoms with Crippen LogP contribution < -0.4 is 4.74 Å². The molecule has 3 aliphatic heterocycles. The molecule has 0 radical (unpaired) electrons. The van der Waals surface area contributed by atoms with E-state index in [9.17, 15) is 13.2 Å². The highest BCUT2D eigenvalue weighted by atomic mass is 32.2. The van der Waals surface area contributed by atoms with Crippen molar-refractivity contribution in [1.29, 1.82) is 0 Å². The summed E-state index contributed by atoms with van der Waals surface area (Å²) in [6.45, 7) is 1.88. The quantitative estimate of drug-likeness (QED) is 0.736. The molecule has 2 bridgehead atoms. The Hall–Kier alpha value is -1.68. The standard InChI is InChI=1S/C18H24N2O6S/c1-24-13-4-6-16(7-5-13)27(22,23)20-11-14-9-19(10-15(12-20)26-14)18(21)17-3-2-8-25-17/h4-7,14-15,17H,2-3,8-12H2,1H3. The van der Waals surface area contributed by atoms with E-state index in [1.54, 1.807) is 29.2 Å². The van der Waals surface area contributed by atoms with Crippen LogP contribution in [0.5, 0.6) is 5.75 Å². The zero-order valence-corrected chi connectivity index (χ0v) is 16.1. The fourth-order valence-corrected chi connectivity index (χ4v) is 5.41. The fraction of sp³-hybridized carbons (Fsp3) is 0.611. The second-order valence-corrected chi connectivity index (χ2v) is 9.06. The maximum Gasteiger partial charge on any atom is 0.251 e. The van der Waals surface area contributed by atoms with Crippen molar-refractivity contribution in [2.75, 3.05) is 39.9 Å². The summed E-state index contributed by atoms with van der Waals surface area (Å²) in [5, 5.41) is 0. The van der Waals surface area contributed by atoms with Gasteiger partial charge in [-0.25, -0.2) is 8.42 Å². The van der Waals surface area contributed by atoms with Gasteiger partial charge in [-0.1, -0.05) is 0 Å². The van der Waals surface area contributed by atoms with Gasteiger partial charge in [0.15, 0.2) is 0 Å². The number of benzene rings is 1. The average molecular weight is 396 g/mol. The Morgan fingerprint density at radius 1 is 1.11 bits per heavy atom. The largest absolute Gasteiger partial charge is 0.497 e. The van der Waals surface area contributed by atoms with Crippen molar-refractivity contribution >= 4 is 15.9 Å². The van der Waals surface area contributed by atoms with Gasteiger partial charge in [0.2, 0.25) is 10.0 Å². The molecule has 9 heteroatoms. The van der Waals surface area contributed by atoms with E-state index in [-0.39, 0.29) is 42.2 Å². The van der Waals surface area contributed by atoms with Gasteiger partial charge in [-0.05, 0) is 37.1 Å². The minimum Gasteiger partial charge on any atom is -0.497 e. The summed E-state index contributed by atoms with van der Waals surface area (Å²) in [7, 11) is -2.07. The highest BCUT2D eigenvalue weighted by Crippen LogP contribution is 2.27. The van der Waals surface area contributed by atoms with E-state index in [0.29, 0.717) is 25.4 Å². The number of amides is 1. The lowest BCUT2D eigenvalue weighted by Crippen LogP contribution is -2.62. The molecule has 0 aliphatic carbocycles. The lowest BCUT2D eigenvalue weighted by atomic mass is 10.1. The van der Waals surface area contributed by atoms with Crippen molar-refractivity contribution in [1.82, 2.24) is 9.21 Å². The predicted octanol–water partition coefficient (Wildman–Crippen LogP) is 0.475. The molecule has 0 spiro atoms. The van der Waals surface area contributed by atoms with Gasteiger partial charge in [0, 0.05) is 32.8 Å². The highest BCUT2D eigenvalue weighted by molar-refractivity contribution is 7.89. The molecule has 3 aliphatic rings. The van der Waals surface area contributed by atoms with Crippen LogP contribution in [0.3, 0.4) is 0 Å². The fourth-order valence-electron chi connectivity index (χ4n) is 3.90. The van der Waals surface area contributed by atoms with E-state index in [1.165, 1.54) is 11.4 Å². The van der Waals surface area contributed by atoms with E-state index < -0.39 is 10.0 Å². The third kappa shape index (κ3) is 3.69. The number of fused-ring (bicyclic) bond motifs is 2. The van der Waals surface area contributed by atoms with Crippen LogP contribution in [0.2, 0.25) is 0 Å². The predicted molar refractivity (Wildman–Crippen MR) is 96.0 cm³/mol. The molecule has 1 aromatic rings. The first-order valence-corrected chi connectivity index (χ1v) is 10.6. The van der Waals surface area contributed by atoms with Gasteiger partial charge in [0.25, 0.3) is 5.91 Å². The third-order valence-corrected chi connectivity index (χ3v) is 7.11. The summed E-state index contributed by atoms with van der Waals surface area (Å²) in [5.41, 5.74) is 0. The van der Waals surface area contributed by atoms with Crippen LogP contribution in [0.1, 0.15) is 12.8 Å². The minimum absolute atomic E-state index is 0.00254. The lowest BCUT2D eigenvalue weighted by molar-refractivity contribution is -0.162. The Balaban J connectivity index is 1.45. The number of ether oxygens (including phenoxy) is 3. The second kappa shape index (κ2) is 7.38. The summed E-state index contributed by atoms with van der Waals surface area (Å²) in [5.74, 6) is 0.605.